The number of halogens is 1. The first-order valence-corrected chi connectivity index (χ1v) is 6.93. The molecule has 2 aromatic carbocycles. The van der Waals surface area contributed by atoms with Gasteiger partial charge in [0.15, 0.2) is 0 Å². The van der Waals surface area contributed by atoms with Crippen molar-refractivity contribution in [2.45, 2.75) is 33.2 Å². The zero-order valence-electron chi connectivity index (χ0n) is 11.7. The van der Waals surface area contributed by atoms with Gasteiger partial charge in [0.25, 0.3) is 0 Å². The van der Waals surface area contributed by atoms with E-state index in [2.05, 4.69) is 39.0 Å². The van der Waals surface area contributed by atoms with E-state index in [0.29, 0.717) is 0 Å². The summed E-state index contributed by atoms with van der Waals surface area (Å²) in [4.78, 5) is 0. The van der Waals surface area contributed by atoms with Crippen LogP contribution in [0, 0.1) is 20.8 Å². The van der Waals surface area contributed by atoms with Gasteiger partial charge >= 0.3 is 0 Å². The van der Waals surface area contributed by atoms with Crippen LogP contribution in [0.4, 0.5) is 0 Å². The first-order valence-electron chi connectivity index (χ1n) is 6.55. The van der Waals surface area contributed by atoms with Gasteiger partial charge in [-0.3, -0.25) is 0 Å². The molecule has 1 atom stereocenters. The van der Waals surface area contributed by atoms with Crippen LogP contribution in [0.5, 0.6) is 0 Å². The average molecular weight is 274 g/mol. The fourth-order valence-electron chi connectivity index (χ4n) is 2.31. The van der Waals surface area contributed by atoms with Gasteiger partial charge < -0.3 is 5.73 Å². The van der Waals surface area contributed by atoms with Crippen LogP contribution in [0.25, 0.3) is 0 Å². The topological polar surface area (TPSA) is 26.0 Å². The SMILES string of the molecule is Cc1ccc(CC(N)c2cc(Cl)ccc2C)cc1C. The fourth-order valence-corrected chi connectivity index (χ4v) is 2.49. The van der Waals surface area contributed by atoms with Gasteiger partial charge in [-0.1, -0.05) is 35.9 Å². The molecule has 100 valence electrons. The van der Waals surface area contributed by atoms with Crippen molar-refractivity contribution in [1.29, 1.82) is 0 Å². The molecule has 0 spiro atoms. The van der Waals surface area contributed by atoms with Crippen molar-refractivity contribution in [2.24, 2.45) is 5.73 Å². The highest BCUT2D eigenvalue weighted by Gasteiger charge is 2.11. The highest BCUT2D eigenvalue weighted by Crippen LogP contribution is 2.24. The van der Waals surface area contributed by atoms with Crippen molar-refractivity contribution in [3.63, 3.8) is 0 Å². The Bertz CT molecular complexity index is 590. The quantitative estimate of drug-likeness (QED) is 0.875. The third kappa shape index (κ3) is 3.37. The summed E-state index contributed by atoms with van der Waals surface area (Å²) < 4.78 is 0. The largest absolute Gasteiger partial charge is 0.324 e. The van der Waals surface area contributed by atoms with Crippen LogP contribution in [0.1, 0.15) is 33.9 Å². The number of hydrogen-bond donors (Lipinski definition) is 1. The summed E-state index contributed by atoms with van der Waals surface area (Å²) in [6, 6.07) is 12.4. The first kappa shape index (κ1) is 14.1. The Labute approximate surface area is 120 Å². The Morgan fingerprint density at radius 2 is 1.63 bits per heavy atom. The molecule has 0 aliphatic carbocycles. The molecule has 0 bridgehead atoms. The molecule has 1 unspecified atom stereocenters. The number of nitrogens with two attached hydrogens (primary N) is 1. The van der Waals surface area contributed by atoms with E-state index in [-0.39, 0.29) is 6.04 Å². The number of hydrogen-bond acceptors (Lipinski definition) is 1. The second-order valence-electron chi connectivity index (χ2n) is 5.23. The Balaban J connectivity index is 2.22. The third-order valence-corrected chi connectivity index (χ3v) is 3.90. The summed E-state index contributed by atoms with van der Waals surface area (Å²) in [5.41, 5.74) is 12.6. The van der Waals surface area contributed by atoms with Crippen molar-refractivity contribution in [3.05, 3.63) is 69.2 Å². The second-order valence-corrected chi connectivity index (χ2v) is 5.67. The molecule has 0 amide bonds. The van der Waals surface area contributed by atoms with Crippen molar-refractivity contribution < 1.29 is 0 Å². The molecular weight excluding hydrogens is 254 g/mol. The summed E-state index contributed by atoms with van der Waals surface area (Å²) in [6.07, 6.45) is 0.836. The molecular formula is C17H20ClN. The smallest absolute Gasteiger partial charge is 0.0409 e. The lowest BCUT2D eigenvalue weighted by Crippen LogP contribution is -2.14. The molecule has 2 N–H and O–H groups in total. The Hall–Kier alpha value is -1.31. The van der Waals surface area contributed by atoms with E-state index >= 15 is 0 Å². The van der Waals surface area contributed by atoms with Crippen LogP contribution < -0.4 is 5.73 Å². The molecule has 0 saturated carbocycles. The minimum atomic E-state index is -0.0131. The lowest BCUT2D eigenvalue weighted by atomic mass is 9.94. The van der Waals surface area contributed by atoms with Crippen LogP contribution in [-0.2, 0) is 6.42 Å². The number of aryl methyl sites for hydroxylation is 3. The van der Waals surface area contributed by atoms with E-state index in [0.717, 1.165) is 17.0 Å². The normalized spacial score (nSPS) is 12.5. The van der Waals surface area contributed by atoms with Crippen LogP contribution in [0.3, 0.4) is 0 Å². The van der Waals surface area contributed by atoms with Crippen LogP contribution in [-0.4, -0.2) is 0 Å². The molecule has 0 aliphatic heterocycles. The van der Waals surface area contributed by atoms with Gasteiger partial charge in [0.1, 0.15) is 0 Å². The second kappa shape index (κ2) is 5.77. The van der Waals surface area contributed by atoms with E-state index in [1.54, 1.807) is 0 Å². The lowest BCUT2D eigenvalue weighted by molar-refractivity contribution is 0.716. The third-order valence-electron chi connectivity index (χ3n) is 3.67. The predicted molar refractivity (Wildman–Crippen MR) is 82.7 cm³/mol. The summed E-state index contributed by atoms with van der Waals surface area (Å²) in [7, 11) is 0. The van der Waals surface area contributed by atoms with E-state index < -0.39 is 0 Å². The molecule has 0 radical (unpaired) electrons. The first-order chi connectivity index (χ1) is 8.97. The van der Waals surface area contributed by atoms with Crippen LogP contribution in [0.15, 0.2) is 36.4 Å². The van der Waals surface area contributed by atoms with Gasteiger partial charge in [0, 0.05) is 11.1 Å². The average Bonchev–Trinajstić information content (AvgIpc) is 2.36. The molecule has 2 rings (SSSR count). The number of rotatable bonds is 3. The summed E-state index contributed by atoms with van der Waals surface area (Å²) in [6.45, 7) is 6.33. The van der Waals surface area contributed by atoms with Gasteiger partial charge in [-0.2, -0.15) is 0 Å². The monoisotopic (exact) mass is 273 g/mol. The van der Waals surface area contributed by atoms with E-state index in [9.17, 15) is 0 Å². The summed E-state index contributed by atoms with van der Waals surface area (Å²) in [5.74, 6) is 0. The van der Waals surface area contributed by atoms with Gasteiger partial charge in [-0.15, -0.1) is 0 Å². The van der Waals surface area contributed by atoms with Crippen LogP contribution >= 0.6 is 11.6 Å². The molecule has 0 saturated heterocycles. The fraction of sp³-hybridized carbons (Fsp3) is 0.294. The molecule has 1 nitrogen and oxygen atoms in total. The Kier molecular flexibility index (Phi) is 4.28. The van der Waals surface area contributed by atoms with Gasteiger partial charge in [-0.05, 0) is 67.1 Å². The van der Waals surface area contributed by atoms with Crippen molar-refractivity contribution >= 4 is 11.6 Å². The minimum Gasteiger partial charge on any atom is -0.324 e. The molecule has 0 fully saturated rings. The molecule has 0 heterocycles. The molecule has 2 aromatic rings. The maximum atomic E-state index is 6.33. The van der Waals surface area contributed by atoms with E-state index in [4.69, 9.17) is 17.3 Å². The van der Waals surface area contributed by atoms with Crippen molar-refractivity contribution in [3.8, 4) is 0 Å². The summed E-state index contributed by atoms with van der Waals surface area (Å²) in [5, 5.41) is 0.746. The highest BCUT2D eigenvalue weighted by atomic mass is 35.5. The maximum absolute atomic E-state index is 6.33. The zero-order valence-corrected chi connectivity index (χ0v) is 12.5. The molecule has 19 heavy (non-hydrogen) atoms. The van der Waals surface area contributed by atoms with E-state index in [1.807, 2.05) is 18.2 Å². The van der Waals surface area contributed by atoms with Gasteiger partial charge in [-0.25, -0.2) is 0 Å². The Morgan fingerprint density at radius 1 is 0.947 bits per heavy atom. The zero-order chi connectivity index (χ0) is 14.0. The van der Waals surface area contributed by atoms with Gasteiger partial charge in [0.05, 0.1) is 0 Å². The van der Waals surface area contributed by atoms with Crippen molar-refractivity contribution in [2.75, 3.05) is 0 Å². The lowest BCUT2D eigenvalue weighted by Gasteiger charge is -2.16. The van der Waals surface area contributed by atoms with E-state index in [1.165, 1.54) is 22.3 Å². The van der Waals surface area contributed by atoms with Crippen LogP contribution in [0.2, 0.25) is 5.02 Å². The molecule has 0 aliphatic rings. The predicted octanol–water partition coefficient (Wildman–Crippen LogP) is 4.51. The maximum Gasteiger partial charge on any atom is 0.0409 e. The Morgan fingerprint density at radius 3 is 2.32 bits per heavy atom. The standard InChI is InChI=1S/C17H20ClN/c1-11-4-6-14(8-13(11)3)9-17(19)16-10-15(18)7-5-12(16)2/h4-8,10,17H,9,19H2,1-3H3. The molecule has 2 heteroatoms. The van der Waals surface area contributed by atoms with Gasteiger partial charge in [0.2, 0.25) is 0 Å². The minimum absolute atomic E-state index is 0.0131. The molecule has 0 aromatic heterocycles. The number of benzene rings is 2. The highest BCUT2D eigenvalue weighted by molar-refractivity contribution is 6.30. The van der Waals surface area contributed by atoms with Crippen molar-refractivity contribution in [1.82, 2.24) is 0 Å². The summed E-state index contributed by atoms with van der Waals surface area (Å²) >= 11 is 6.05.